The summed E-state index contributed by atoms with van der Waals surface area (Å²) in [6.45, 7) is 1.04. The lowest BCUT2D eigenvalue weighted by Gasteiger charge is -2.36. The number of nitrogens with two attached hydrogens (primary N) is 1. The molecule has 4 heterocycles. The van der Waals surface area contributed by atoms with E-state index in [9.17, 15) is 8.78 Å². The van der Waals surface area contributed by atoms with Crippen LogP contribution in [0.1, 0.15) is 36.9 Å². The van der Waals surface area contributed by atoms with Crippen LogP contribution in [0.25, 0.3) is 11.3 Å². The van der Waals surface area contributed by atoms with Crippen LogP contribution in [0, 0.1) is 11.8 Å². The minimum atomic E-state index is -2.94. The summed E-state index contributed by atoms with van der Waals surface area (Å²) in [5.74, 6) is 1.73. The van der Waals surface area contributed by atoms with Crippen molar-refractivity contribution in [3.8, 4) is 17.0 Å². The first kappa shape index (κ1) is 18.5. The van der Waals surface area contributed by atoms with Crippen LogP contribution in [-0.4, -0.2) is 58.6 Å². The normalized spacial score (nSPS) is 29.0. The topological polar surface area (TPSA) is 78.4 Å². The molecule has 2 aromatic heterocycles. The lowest BCUT2D eigenvalue weighted by molar-refractivity contribution is -0.0610. The molecule has 7 nitrogen and oxygen atoms in total. The Hall–Kier alpha value is -2.26. The van der Waals surface area contributed by atoms with Crippen molar-refractivity contribution in [2.24, 2.45) is 11.8 Å². The van der Waals surface area contributed by atoms with Crippen LogP contribution < -0.4 is 10.5 Å². The first-order chi connectivity index (χ1) is 14.6. The van der Waals surface area contributed by atoms with Gasteiger partial charge in [-0.3, -0.25) is 9.58 Å². The summed E-state index contributed by atoms with van der Waals surface area (Å²) in [5.41, 5.74) is 8.37. The van der Waals surface area contributed by atoms with Gasteiger partial charge in [-0.1, -0.05) is 0 Å². The molecule has 0 bridgehead atoms. The fraction of sp³-hybridized carbons (Fsp3) is 0.619. The number of nitrogen functional groups attached to an aromatic ring is 1. The van der Waals surface area contributed by atoms with E-state index in [1.54, 1.807) is 6.20 Å². The number of anilines is 1. The number of rotatable bonds is 6. The number of alkyl halides is 2. The van der Waals surface area contributed by atoms with Crippen LogP contribution >= 0.6 is 0 Å². The quantitative estimate of drug-likeness (QED) is 0.779. The highest BCUT2D eigenvalue weighted by Crippen LogP contribution is 2.59. The second-order valence-electron chi connectivity index (χ2n) is 8.97. The highest BCUT2D eigenvalue weighted by atomic mass is 19.3. The highest BCUT2D eigenvalue weighted by molar-refractivity contribution is 5.64. The van der Waals surface area contributed by atoms with Gasteiger partial charge in [0, 0.05) is 36.5 Å². The van der Waals surface area contributed by atoms with Gasteiger partial charge in [0.15, 0.2) is 11.6 Å². The molecule has 2 saturated heterocycles. The number of nitrogens with zero attached hydrogens (tertiary/aromatic N) is 4. The number of piperidine rings is 1. The number of hydrogen-bond acceptors (Lipinski definition) is 6. The third-order valence-electron chi connectivity index (χ3n) is 7.28. The minimum Gasteiger partial charge on any atom is -0.431 e. The fourth-order valence-corrected chi connectivity index (χ4v) is 5.24. The van der Waals surface area contributed by atoms with Gasteiger partial charge in [-0.05, 0) is 43.2 Å². The maximum atomic E-state index is 12.7. The Labute approximate surface area is 173 Å². The van der Waals surface area contributed by atoms with E-state index in [4.69, 9.17) is 15.6 Å². The van der Waals surface area contributed by atoms with Crippen LogP contribution in [0.3, 0.4) is 0 Å². The van der Waals surface area contributed by atoms with E-state index in [0.717, 1.165) is 44.8 Å². The van der Waals surface area contributed by atoms with Gasteiger partial charge in [0.05, 0.1) is 31.0 Å². The van der Waals surface area contributed by atoms with Crippen LogP contribution in [0.5, 0.6) is 5.75 Å². The number of likely N-dealkylation sites (tertiary alicyclic amines) is 1. The molecule has 4 aliphatic rings. The Kier molecular flexibility index (Phi) is 4.24. The number of ether oxygens (including phenoxy) is 2. The summed E-state index contributed by atoms with van der Waals surface area (Å²) in [5, 5.41) is 4.88. The van der Waals surface area contributed by atoms with Crippen LogP contribution in [-0.2, 0) is 4.74 Å². The van der Waals surface area contributed by atoms with Crippen molar-refractivity contribution in [1.82, 2.24) is 19.7 Å². The number of aromatic nitrogens is 3. The standard InChI is InChI=1S/C21H25F2N5O2/c22-21(23)30-18-4-11(6-25-20(18)24)16-5-17(28(26-16)12-2-1-3-12)19-14-7-27(8-15(14)19)13-9-29-10-13/h4-6,12-15,19,21H,1-3,7-10H2,(H2,24,25)/t14-,15+,19?. The summed E-state index contributed by atoms with van der Waals surface area (Å²) in [4.78, 5) is 6.61. The first-order valence-electron chi connectivity index (χ1n) is 10.7. The molecule has 30 heavy (non-hydrogen) atoms. The first-order valence-corrected chi connectivity index (χ1v) is 10.7. The summed E-state index contributed by atoms with van der Waals surface area (Å²) in [6.07, 6.45) is 5.09. The lowest BCUT2D eigenvalue weighted by atomic mass is 9.93. The van der Waals surface area contributed by atoms with Crippen molar-refractivity contribution in [2.45, 2.75) is 43.9 Å². The van der Waals surface area contributed by atoms with E-state index < -0.39 is 6.61 Å². The smallest absolute Gasteiger partial charge is 0.387 e. The molecule has 0 spiro atoms. The van der Waals surface area contributed by atoms with Crippen molar-refractivity contribution < 1.29 is 18.3 Å². The molecule has 6 rings (SSSR count). The number of fused-ring (bicyclic) bond motifs is 1. The average Bonchev–Trinajstić information content (AvgIpc) is 2.97. The molecule has 4 fully saturated rings. The monoisotopic (exact) mass is 417 g/mol. The fourth-order valence-electron chi connectivity index (χ4n) is 5.24. The van der Waals surface area contributed by atoms with E-state index in [1.807, 2.05) is 0 Å². The van der Waals surface area contributed by atoms with Crippen molar-refractivity contribution in [3.63, 3.8) is 0 Å². The summed E-state index contributed by atoms with van der Waals surface area (Å²) in [6, 6.07) is 4.67. The van der Waals surface area contributed by atoms with Crippen LogP contribution in [0.15, 0.2) is 18.3 Å². The third kappa shape index (κ3) is 2.98. The molecule has 160 valence electrons. The van der Waals surface area contributed by atoms with E-state index >= 15 is 0 Å². The maximum Gasteiger partial charge on any atom is 0.387 e. The summed E-state index contributed by atoms with van der Waals surface area (Å²) < 4.78 is 37.4. The minimum absolute atomic E-state index is 0.0468. The highest BCUT2D eigenvalue weighted by Gasteiger charge is 2.59. The Balaban J connectivity index is 1.28. The predicted molar refractivity (Wildman–Crippen MR) is 105 cm³/mol. The Morgan fingerprint density at radius 3 is 2.50 bits per heavy atom. The molecule has 2 aromatic rings. The molecule has 2 aliphatic carbocycles. The molecule has 1 unspecified atom stereocenters. The molecule has 2 aliphatic heterocycles. The van der Waals surface area contributed by atoms with Gasteiger partial charge in [0.25, 0.3) is 0 Å². The van der Waals surface area contributed by atoms with Gasteiger partial charge in [-0.15, -0.1) is 0 Å². The van der Waals surface area contributed by atoms with E-state index in [-0.39, 0.29) is 11.6 Å². The van der Waals surface area contributed by atoms with E-state index in [1.165, 1.54) is 18.2 Å². The zero-order valence-electron chi connectivity index (χ0n) is 16.6. The SMILES string of the molecule is Nc1ncc(-c2cc(C3[C@H]4CN(C5COC5)C[C@@H]34)n(C3CCC3)n2)cc1OC(F)F. The molecule has 0 amide bonds. The number of hydrogen-bond donors (Lipinski definition) is 1. The Bertz CT molecular complexity index is 947. The van der Waals surface area contributed by atoms with Crippen LogP contribution in [0.2, 0.25) is 0 Å². The van der Waals surface area contributed by atoms with Crippen molar-refractivity contribution in [2.75, 3.05) is 32.0 Å². The molecule has 2 saturated carbocycles. The van der Waals surface area contributed by atoms with Crippen molar-refractivity contribution in [1.29, 1.82) is 0 Å². The van der Waals surface area contributed by atoms with Gasteiger partial charge in [0.2, 0.25) is 0 Å². The zero-order chi connectivity index (χ0) is 20.4. The molecule has 2 N–H and O–H groups in total. The molecule has 3 atom stereocenters. The van der Waals surface area contributed by atoms with Gasteiger partial charge in [-0.25, -0.2) is 4.98 Å². The molecule has 9 heteroatoms. The van der Waals surface area contributed by atoms with E-state index in [0.29, 0.717) is 35.4 Å². The molecule has 0 radical (unpaired) electrons. The summed E-state index contributed by atoms with van der Waals surface area (Å²) in [7, 11) is 0. The molecular formula is C21H25F2N5O2. The van der Waals surface area contributed by atoms with Crippen molar-refractivity contribution >= 4 is 5.82 Å². The largest absolute Gasteiger partial charge is 0.431 e. The Morgan fingerprint density at radius 2 is 1.90 bits per heavy atom. The summed E-state index contributed by atoms with van der Waals surface area (Å²) >= 11 is 0. The van der Waals surface area contributed by atoms with Gasteiger partial charge in [0.1, 0.15) is 0 Å². The van der Waals surface area contributed by atoms with Gasteiger partial charge in [-0.2, -0.15) is 13.9 Å². The number of halogens is 2. The lowest BCUT2D eigenvalue weighted by Crippen LogP contribution is -2.48. The zero-order valence-corrected chi connectivity index (χ0v) is 16.6. The molecule has 0 aromatic carbocycles. The van der Waals surface area contributed by atoms with Crippen molar-refractivity contribution in [3.05, 3.63) is 24.0 Å². The van der Waals surface area contributed by atoms with Crippen LogP contribution in [0.4, 0.5) is 14.6 Å². The molecular weight excluding hydrogens is 392 g/mol. The Morgan fingerprint density at radius 1 is 1.13 bits per heavy atom. The van der Waals surface area contributed by atoms with Gasteiger partial charge < -0.3 is 15.2 Å². The predicted octanol–water partition coefficient (Wildman–Crippen LogP) is 2.90. The number of pyridine rings is 1. The second kappa shape index (κ2) is 6.88. The second-order valence-corrected chi connectivity index (χ2v) is 8.97. The third-order valence-corrected chi connectivity index (χ3v) is 7.28. The maximum absolute atomic E-state index is 12.7. The van der Waals surface area contributed by atoms with Gasteiger partial charge >= 0.3 is 6.61 Å². The average molecular weight is 417 g/mol. The van der Waals surface area contributed by atoms with E-state index in [2.05, 4.69) is 25.4 Å².